The average molecular weight is 578 g/mol. The van der Waals surface area contributed by atoms with Crippen molar-refractivity contribution in [3.05, 3.63) is 33.4 Å². The van der Waals surface area contributed by atoms with Crippen molar-refractivity contribution in [1.82, 2.24) is 0 Å². The number of aromatic hydroxyl groups is 1. The molecular weight excluding hydrogens is 532 g/mol. The summed E-state index contributed by atoms with van der Waals surface area (Å²) in [7, 11) is 5.60. The van der Waals surface area contributed by atoms with Crippen molar-refractivity contribution < 1.29 is 43.4 Å². The summed E-state index contributed by atoms with van der Waals surface area (Å²) >= 11 is 0. The monoisotopic (exact) mass is 577 g/mol. The molecule has 41 heavy (non-hydrogen) atoms. The summed E-state index contributed by atoms with van der Waals surface area (Å²) in [5.74, 6) is -0.882. The fraction of sp³-hybridized carbons (Fsp3) is 0.700. The van der Waals surface area contributed by atoms with E-state index in [0.717, 1.165) is 12.8 Å². The Morgan fingerprint density at radius 2 is 1.76 bits per heavy atom. The maximum Gasteiger partial charge on any atom is 0.367 e. The van der Waals surface area contributed by atoms with Crippen LogP contribution in [0.1, 0.15) is 83.3 Å². The second kappa shape index (κ2) is 12.3. The van der Waals surface area contributed by atoms with Gasteiger partial charge in [-0.05, 0) is 68.6 Å². The Kier molecular flexibility index (Phi) is 9.73. The Labute approximate surface area is 241 Å². The zero-order valence-electron chi connectivity index (χ0n) is 25.4. The molecule has 0 unspecified atom stereocenters. The number of unbranched alkanes of at least 4 members (excludes halogenated alkanes) is 3. The molecule has 11 nitrogen and oxygen atoms in total. The number of phenolic OH excluding ortho intramolecular Hbond substituents is 1. The summed E-state index contributed by atoms with van der Waals surface area (Å²) in [5, 5.41) is 20.7. The van der Waals surface area contributed by atoms with Crippen molar-refractivity contribution >= 4 is 17.7 Å². The summed E-state index contributed by atoms with van der Waals surface area (Å²) in [5.41, 5.74) is -0.503. The number of ether oxygens (including phenoxy) is 2. The Morgan fingerprint density at radius 3 is 2.32 bits per heavy atom. The largest absolute Gasteiger partial charge is 0.508 e. The molecule has 3 fully saturated rings. The van der Waals surface area contributed by atoms with Crippen molar-refractivity contribution in [2.45, 2.75) is 77.6 Å². The molecule has 0 saturated heterocycles. The van der Waals surface area contributed by atoms with Gasteiger partial charge < -0.3 is 23.9 Å². The first kappa shape index (κ1) is 32.3. The smallest absolute Gasteiger partial charge is 0.367 e. The molecule has 2 bridgehead atoms. The van der Waals surface area contributed by atoms with Gasteiger partial charge in [0.1, 0.15) is 17.3 Å². The number of carbonyl (C=O) groups is 3. The number of ketones is 1. The number of carbonyl (C=O) groups excluding carboxylic acids is 3. The maximum atomic E-state index is 13.1. The highest BCUT2D eigenvalue weighted by Gasteiger charge is 2.59. The van der Waals surface area contributed by atoms with Crippen molar-refractivity contribution in [1.29, 1.82) is 0 Å². The van der Waals surface area contributed by atoms with Gasteiger partial charge in [-0.25, -0.2) is 4.79 Å². The van der Waals surface area contributed by atoms with Crippen LogP contribution in [0.3, 0.4) is 0 Å². The first-order chi connectivity index (χ1) is 18.9. The second-order valence-corrected chi connectivity index (χ2v) is 13.6. The van der Waals surface area contributed by atoms with Crippen LogP contribution in [-0.4, -0.2) is 73.3 Å². The van der Waals surface area contributed by atoms with Crippen LogP contribution in [0, 0.1) is 27.4 Å². The molecule has 11 heteroatoms. The van der Waals surface area contributed by atoms with Gasteiger partial charge in [-0.15, -0.1) is 10.1 Å². The highest BCUT2D eigenvalue weighted by molar-refractivity contribution is 5.87. The normalized spacial score (nSPS) is 21.5. The Morgan fingerprint density at radius 1 is 1.12 bits per heavy atom. The van der Waals surface area contributed by atoms with E-state index in [1.807, 2.05) is 21.1 Å². The predicted molar refractivity (Wildman–Crippen MR) is 150 cm³/mol. The van der Waals surface area contributed by atoms with Crippen LogP contribution < -0.4 is 4.74 Å². The SMILES string of the molecule is CC(C)(C(=O)OCCCCCCO[N+](=O)[O-])c1cc(O)c([C@H]2CC(=O)[C@H]3C[C@H]2C3(C)C)c(OC(=O)C[N+](C)(C)C)c1. The average Bonchev–Trinajstić information content (AvgIpc) is 2.83. The summed E-state index contributed by atoms with van der Waals surface area (Å²) in [6.07, 6.45) is 3.56. The van der Waals surface area contributed by atoms with Crippen LogP contribution in [0.5, 0.6) is 11.5 Å². The van der Waals surface area contributed by atoms with Crippen LogP contribution in [0.4, 0.5) is 0 Å². The molecule has 4 rings (SSSR count). The Hall–Kier alpha value is -3.21. The highest BCUT2D eigenvalue weighted by atomic mass is 16.9. The third-order valence-electron chi connectivity index (χ3n) is 8.66. The molecule has 3 atom stereocenters. The van der Waals surface area contributed by atoms with Crippen LogP contribution in [0.15, 0.2) is 12.1 Å². The molecule has 0 amide bonds. The van der Waals surface area contributed by atoms with Crippen LogP contribution >= 0.6 is 0 Å². The molecule has 0 spiro atoms. The number of Topliss-reactive ketones (excluding diaryl/α,β-unsaturated/α-hetero) is 1. The molecule has 0 aliphatic heterocycles. The van der Waals surface area contributed by atoms with E-state index in [-0.39, 0.29) is 66.6 Å². The molecule has 1 aromatic carbocycles. The van der Waals surface area contributed by atoms with Crippen LogP contribution in [-0.2, 0) is 29.4 Å². The van der Waals surface area contributed by atoms with Crippen molar-refractivity contribution in [2.24, 2.45) is 17.3 Å². The number of phenols is 1. The van der Waals surface area contributed by atoms with Crippen molar-refractivity contribution in [3.63, 3.8) is 0 Å². The van der Waals surface area contributed by atoms with E-state index in [2.05, 4.69) is 18.7 Å². The lowest BCUT2D eigenvalue weighted by molar-refractivity contribution is -0.862. The topological polar surface area (TPSA) is 142 Å². The van der Waals surface area contributed by atoms with Crippen molar-refractivity contribution in [3.8, 4) is 11.5 Å². The number of esters is 2. The predicted octanol–water partition coefficient (Wildman–Crippen LogP) is 4.31. The minimum atomic E-state index is -1.17. The van der Waals surface area contributed by atoms with E-state index >= 15 is 0 Å². The van der Waals surface area contributed by atoms with E-state index in [0.29, 0.717) is 34.9 Å². The van der Waals surface area contributed by atoms with Gasteiger partial charge in [0, 0.05) is 23.8 Å². The lowest BCUT2D eigenvalue weighted by atomic mass is 9.44. The van der Waals surface area contributed by atoms with E-state index in [1.165, 1.54) is 6.07 Å². The van der Waals surface area contributed by atoms with Crippen molar-refractivity contribution in [2.75, 3.05) is 40.9 Å². The van der Waals surface area contributed by atoms with E-state index in [1.54, 1.807) is 19.9 Å². The van der Waals surface area contributed by atoms with Gasteiger partial charge in [-0.2, -0.15) is 0 Å². The molecule has 3 aliphatic rings. The number of hydrogen-bond donors (Lipinski definition) is 1. The third kappa shape index (κ3) is 7.55. The number of benzene rings is 1. The first-order valence-electron chi connectivity index (χ1n) is 14.3. The number of likely N-dealkylation sites (N-methyl/N-ethyl adjacent to an activating group) is 1. The summed E-state index contributed by atoms with van der Waals surface area (Å²) in [4.78, 5) is 53.5. The van der Waals surface area contributed by atoms with Gasteiger partial charge in [-0.3, -0.25) is 9.59 Å². The molecule has 228 valence electrons. The number of nitrogens with zero attached hydrogens (tertiary/aromatic N) is 2. The minimum Gasteiger partial charge on any atom is -0.508 e. The second-order valence-electron chi connectivity index (χ2n) is 13.6. The van der Waals surface area contributed by atoms with Gasteiger partial charge in [0.25, 0.3) is 5.09 Å². The van der Waals surface area contributed by atoms with Gasteiger partial charge in [0.05, 0.1) is 39.8 Å². The number of quaternary nitrogens is 1. The van der Waals surface area contributed by atoms with E-state index in [4.69, 9.17) is 9.47 Å². The highest BCUT2D eigenvalue weighted by Crippen LogP contribution is 2.64. The standard InChI is InChI=1S/C30H44N2O9/c1-29(2,28(36)39-12-10-8-9-11-13-40-31(37)38)19-14-24(34)27(25(15-19)41-26(35)18-32(5,6)7)20-16-23(33)22-17-21(20)30(22,3)4/h14-15,20-22H,8-13,16-18H2,1-7H3/p+1/t20-,21+,22+/m0/s1. The zero-order chi connectivity index (χ0) is 30.8. The van der Waals surface area contributed by atoms with E-state index < -0.39 is 22.4 Å². The Bertz CT molecular complexity index is 1170. The van der Waals surface area contributed by atoms with Gasteiger partial charge >= 0.3 is 11.9 Å². The number of rotatable bonds is 14. The zero-order valence-corrected chi connectivity index (χ0v) is 25.4. The maximum absolute atomic E-state index is 13.1. The van der Waals surface area contributed by atoms with Crippen LogP contribution in [0.2, 0.25) is 0 Å². The molecule has 1 aromatic rings. The summed E-state index contributed by atoms with van der Waals surface area (Å²) < 4.78 is 11.7. The van der Waals surface area contributed by atoms with Gasteiger partial charge in [-0.1, -0.05) is 20.3 Å². The fourth-order valence-corrected chi connectivity index (χ4v) is 6.13. The Balaban J connectivity index is 1.80. The molecule has 0 aromatic heterocycles. The lowest BCUT2D eigenvalue weighted by Gasteiger charge is -2.59. The summed E-state index contributed by atoms with van der Waals surface area (Å²) in [6.45, 7) is 7.81. The molecule has 0 heterocycles. The van der Waals surface area contributed by atoms with Gasteiger partial charge in [0.2, 0.25) is 0 Å². The first-order valence-corrected chi connectivity index (χ1v) is 14.3. The fourth-order valence-electron chi connectivity index (χ4n) is 6.13. The quantitative estimate of drug-likeness (QED) is 0.0854. The molecule has 1 N–H and O–H groups in total. The summed E-state index contributed by atoms with van der Waals surface area (Å²) in [6, 6.07) is 3.15. The minimum absolute atomic E-state index is 0.0115. The van der Waals surface area contributed by atoms with Crippen LogP contribution in [0.25, 0.3) is 0 Å². The molecular formula is C30H45N2O9+. The lowest BCUT2D eigenvalue weighted by Crippen LogP contribution is -2.56. The van der Waals surface area contributed by atoms with E-state index in [9.17, 15) is 29.6 Å². The molecule has 3 aliphatic carbocycles. The molecule has 3 saturated carbocycles. The number of fused-ring (bicyclic) bond motifs is 2. The number of hydrogen-bond acceptors (Lipinski definition) is 9. The third-order valence-corrected chi connectivity index (χ3v) is 8.66. The molecule has 0 radical (unpaired) electrons. The van der Waals surface area contributed by atoms with Gasteiger partial charge in [0.15, 0.2) is 6.54 Å².